The van der Waals surface area contributed by atoms with Crippen LogP contribution in [0.1, 0.15) is 107 Å². The molecule has 0 aromatic heterocycles. The Hall–Kier alpha value is -4.54. The molecule has 22 heteroatoms. The van der Waals surface area contributed by atoms with Crippen LogP contribution in [0.4, 0.5) is 0 Å². The van der Waals surface area contributed by atoms with Crippen molar-refractivity contribution in [2.24, 2.45) is 35.1 Å². The number of carbonyl (C=O) groups is 9. The maximum atomic E-state index is 13.8. The van der Waals surface area contributed by atoms with Gasteiger partial charge in [0.15, 0.2) is 0 Å². The minimum absolute atomic E-state index is 0.0278. The maximum Gasteiger partial charge on any atom is 0.305 e. The van der Waals surface area contributed by atoms with Crippen molar-refractivity contribution >= 4 is 65.1 Å². The molecule has 362 valence electrons. The molecule has 0 radical (unpaired) electrons. The molecule has 0 rings (SSSR count). The number of hydrogen-bond donors (Lipinski definition) is 12. The largest absolute Gasteiger partial charge is 0.481 e. The lowest BCUT2D eigenvalue weighted by Crippen LogP contribution is -2.60. The SMILES string of the molecule is CC[C@H](C)[C@H](NC(=O)[C@@H](N)CCC(=O)O)C(=O)N[C@@H](CC(=O)O)C(=O)N[C@@H](CC(C)C)[C@@H](O)CN[C@@H](CCSC)C(=O)N[C@H](C(=O)N[C@@H](CC(C)C)C(=O)N[C@@H](C)C(N)=O)C(C)C. The Kier molecular flexibility index (Phi) is 27.6. The summed E-state index contributed by atoms with van der Waals surface area (Å²) in [6.45, 7) is 15.4. The average Bonchev–Trinajstić information content (AvgIpc) is 3.18. The highest BCUT2D eigenvalue weighted by atomic mass is 32.2. The molecule has 0 heterocycles. The molecule has 10 atom stereocenters. The van der Waals surface area contributed by atoms with Crippen molar-refractivity contribution in [2.45, 2.75) is 162 Å². The van der Waals surface area contributed by atoms with Crippen LogP contribution in [0.15, 0.2) is 0 Å². The molecule has 63 heavy (non-hydrogen) atoms. The van der Waals surface area contributed by atoms with Gasteiger partial charge in [-0.15, -0.1) is 0 Å². The minimum atomic E-state index is -1.65. The van der Waals surface area contributed by atoms with Gasteiger partial charge in [-0.1, -0.05) is 61.8 Å². The second kappa shape index (κ2) is 29.8. The van der Waals surface area contributed by atoms with Gasteiger partial charge in [-0.25, -0.2) is 0 Å². The van der Waals surface area contributed by atoms with Crippen molar-refractivity contribution in [1.29, 1.82) is 0 Å². The van der Waals surface area contributed by atoms with Gasteiger partial charge in [-0.3, -0.25) is 43.2 Å². The summed E-state index contributed by atoms with van der Waals surface area (Å²) >= 11 is 1.46. The fraction of sp³-hybridized carbons (Fsp3) is 0.780. The first-order chi connectivity index (χ1) is 29.2. The summed E-state index contributed by atoms with van der Waals surface area (Å²) in [5.41, 5.74) is 11.1. The number of nitrogens with one attached hydrogen (secondary N) is 7. The van der Waals surface area contributed by atoms with E-state index in [4.69, 9.17) is 16.6 Å². The van der Waals surface area contributed by atoms with Gasteiger partial charge < -0.3 is 64.0 Å². The zero-order valence-electron chi connectivity index (χ0n) is 38.4. The van der Waals surface area contributed by atoms with Crippen molar-refractivity contribution in [3.05, 3.63) is 0 Å². The molecule has 0 fully saturated rings. The van der Waals surface area contributed by atoms with E-state index in [1.807, 2.05) is 34.0 Å². The molecular formula is C41H75N9O12S. The zero-order valence-corrected chi connectivity index (χ0v) is 39.3. The number of carboxylic acids is 2. The number of primary amides is 1. The highest BCUT2D eigenvalue weighted by molar-refractivity contribution is 7.98. The fourth-order valence-corrected chi connectivity index (χ4v) is 6.70. The molecule has 0 aliphatic rings. The van der Waals surface area contributed by atoms with E-state index in [1.165, 1.54) is 18.7 Å². The summed E-state index contributed by atoms with van der Waals surface area (Å²) in [6, 6.07) is -9.20. The Balaban J connectivity index is 6.23. The number of rotatable bonds is 32. The first-order valence-corrected chi connectivity index (χ1v) is 22.9. The molecule has 0 spiro atoms. The molecule has 0 aromatic carbocycles. The Morgan fingerprint density at radius 3 is 1.63 bits per heavy atom. The predicted octanol–water partition coefficient (Wildman–Crippen LogP) is -1.07. The Morgan fingerprint density at radius 1 is 0.619 bits per heavy atom. The second-order valence-corrected chi connectivity index (χ2v) is 18.2. The third kappa shape index (κ3) is 23.1. The number of amides is 7. The van der Waals surface area contributed by atoms with E-state index in [0.717, 1.165) is 0 Å². The van der Waals surface area contributed by atoms with Crippen molar-refractivity contribution in [3.63, 3.8) is 0 Å². The topological polar surface area (TPSA) is 351 Å². The van der Waals surface area contributed by atoms with Gasteiger partial charge in [0.25, 0.3) is 0 Å². The van der Waals surface area contributed by atoms with E-state index in [-0.39, 0.29) is 50.5 Å². The van der Waals surface area contributed by atoms with E-state index < -0.39 is 126 Å². The quantitative estimate of drug-likeness (QED) is 0.0383. The summed E-state index contributed by atoms with van der Waals surface area (Å²) in [7, 11) is 0. The monoisotopic (exact) mass is 918 g/mol. The number of hydrogen-bond acceptors (Lipinski definition) is 13. The van der Waals surface area contributed by atoms with Gasteiger partial charge in [0.05, 0.1) is 30.7 Å². The summed E-state index contributed by atoms with van der Waals surface area (Å²) in [4.78, 5) is 115. The molecule has 0 aromatic rings. The number of aliphatic carboxylic acids is 2. The molecule has 0 aliphatic heterocycles. The third-order valence-electron chi connectivity index (χ3n) is 10.2. The van der Waals surface area contributed by atoms with Crippen LogP contribution in [0.25, 0.3) is 0 Å². The summed E-state index contributed by atoms with van der Waals surface area (Å²) < 4.78 is 0. The number of aliphatic hydroxyl groups is 1. The molecule has 0 aliphatic carbocycles. The minimum Gasteiger partial charge on any atom is -0.481 e. The lowest BCUT2D eigenvalue weighted by molar-refractivity contribution is -0.142. The van der Waals surface area contributed by atoms with Crippen LogP contribution in [-0.4, -0.2) is 142 Å². The predicted molar refractivity (Wildman–Crippen MR) is 238 cm³/mol. The fourth-order valence-electron chi connectivity index (χ4n) is 6.23. The van der Waals surface area contributed by atoms with Gasteiger partial charge in [0.2, 0.25) is 41.4 Å². The standard InChI is InChI=1S/C41H75N9O12S/c1-11-23(8)34(50-36(57)25(42)12-13-31(52)53)41(62)48-29(18-32(54)55)39(60)46-27(16-20(2)3)30(51)19-44-26(14-15-63-10)37(58)49-33(22(6)7)40(61)47-28(17-21(4)5)38(59)45-24(9)35(43)56/h20-30,33-34,44,51H,11-19,42H2,1-10H3,(H2,43,56)(H,45,59)(H,46,60)(H,47,61)(H,48,62)(H,49,58)(H,50,57)(H,52,53)(H,54,55)/t23-,24-,25-,26-,27-,28-,29-,30-,33-,34-/m0/s1. The van der Waals surface area contributed by atoms with Gasteiger partial charge in [0, 0.05) is 13.0 Å². The van der Waals surface area contributed by atoms with E-state index in [9.17, 15) is 53.4 Å². The number of carbonyl (C=O) groups excluding carboxylic acids is 7. The molecule has 0 bridgehead atoms. The Morgan fingerprint density at radius 2 is 1.14 bits per heavy atom. The van der Waals surface area contributed by atoms with E-state index >= 15 is 0 Å². The van der Waals surface area contributed by atoms with Gasteiger partial charge >= 0.3 is 11.9 Å². The van der Waals surface area contributed by atoms with Crippen LogP contribution in [0.5, 0.6) is 0 Å². The van der Waals surface area contributed by atoms with Crippen molar-refractivity contribution in [1.82, 2.24) is 37.2 Å². The average molecular weight is 918 g/mol. The summed E-state index contributed by atoms with van der Waals surface area (Å²) in [5, 5.41) is 48.7. The molecule has 21 nitrogen and oxygen atoms in total. The van der Waals surface area contributed by atoms with Gasteiger partial charge in [-0.2, -0.15) is 11.8 Å². The maximum absolute atomic E-state index is 13.8. The van der Waals surface area contributed by atoms with Gasteiger partial charge in [0.1, 0.15) is 30.2 Å². The van der Waals surface area contributed by atoms with Gasteiger partial charge in [-0.05, 0) is 68.3 Å². The molecule has 0 saturated carbocycles. The third-order valence-corrected chi connectivity index (χ3v) is 10.8. The molecular weight excluding hydrogens is 843 g/mol. The van der Waals surface area contributed by atoms with Crippen molar-refractivity contribution < 1.29 is 58.5 Å². The van der Waals surface area contributed by atoms with Crippen LogP contribution in [0.2, 0.25) is 0 Å². The van der Waals surface area contributed by atoms with Crippen LogP contribution in [-0.2, 0) is 43.2 Å². The number of carboxylic acid groups (broad SMARTS) is 2. The second-order valence-electron chi connectivity index (χ2n) is 17.2. The lowest BCUT2D eigenvalue weighted by atomic mass is 9.96. The molecule has 0 unspecified atom stereocenters. The van der Waals surface area contributed by atoms with Crippen LogP contribution in [0, 0.1) is 23.7 Å². The van der Waals surface area contributed by atoms with E-state index in [0.29, 0.717) is 12.2 Å². The van der Waals surface area contributed by atoms with Crippen LogP contribution >= 0.6 is 11.8 Å². The lowest BCUT2D eigenvalue weighted by Gasteiger charge is -2.31. The van der Waals surface area contributed by atoms with Crippen molar-refractivity contribution in [3.8, 4) is 0 Å². The normalized spacial score (nSPS) is 16.2. The zero-order chi connectivity index (χ0) is 48.7. The number of aliphatic hydroxyl groups excluding tert-OH is 1. The highest BCUT2D eigenvalue weighted by Crippen LogP contribution is 2.14. The smallest absolute Gasteiger partial charge is 0.305 e. The summed E-state index contributed by atoms with van der Waals surface area (Å²) in [5.74, 6) is -8.34. The molecule has 0 saturated heterocycles. The van der Waals surface area contributed by atoms with Crippen LogP contribution in [0.3, 0.4) is 0 Å². The Labute approximate surface area is 375 Å². The number of thioether (sulfide) groups is 1. The molecule has 14 N–H and O–H groups in total. The highest BCUT2D eigenvalue weighted by Gasteiger charge is 2.35. The van der Waals surface area contributed by atoms with Crippen LogP contribution < -0.4 is 48.7 Å². The molecule has 7 amide bonds. The summed E-state index contributed by atoms with van der Waals surface area (Å²) in [6.07, 6.45) is 0.134. The first kappa shape index (κ1) is 58.5. The Bertz CT molecular complexity index is 1540. The van der Waals surface area contributed by atoms with E-state index in [1.54, 1.807) is 27.7 Å². The number of nitrogens with two attached hydrogens (primary N) is 2. The van der Waals surface area contributed by atoms with Crippen molar-refractivity contribution in [2.75, 3.05) is 18.6 Å². The van der Waals surface area contributed by atoms with E-state index in [2.05, 4.69) is 37.2 Å². The first-order valence-electron chi connectivity index (χ1n) is 21.5.